The average molecular weight is 233 g/mol. The molecule has 5 nitrogen and oxygen atoms in total. The van der Waals surface area contributed by atoms with Gasteiger partial charge in [-0.15, -0.1) is 0 Å². The van der Waals surface area contributed by atoms with Gasteiger partial charge in [0.05, 0.1) is 17.6 Å². The van der Waals surface area contributed by atoms with E-state index in [1.54, 1.807) is 0 Å². The van der Waals surface area contributed by atoms with Gasteiger partial charge in [0.2, 0.25) is 0 Å². The van der Waals surface area contributed by atoms with Gasteiger partial charge in [-0.2, -0.15) is 10.2 Å². The van der Waals surface area contributed by atoms with Crippen LogP contribution < -0.4 is 5.32 Å². The zero-order valence-electron chi connectivity index (χ0n) is 10.9. The lowest BCUT2D eigenvalue weighted by Crippen LogP contribution is -2.02. The van der Waals surface area contributed by atoms with Crippen molar-refractivity contribution in [3.8, 4) is 0 Å². The fraction of sp³-hybridized carbons (Fsp3) is 0.500. The van der Waals surface area contributed by atoms with Crippen molar-refractivity contribution >= 4 is 5.69 Å². The van der Waals surface area contributed by atoms with Crippen LogP contribution >= 0.6 is 0 Å². The van der Waals surface area contributed by atoms with Gasteiger partial charge in [-0.1, -0.05) is 6.92 Å². The van der Waals surface area contributed by atoms with E-state index in [9.17, 15) is 0 Å². The van der Waals surface area contributed by atoms with Crippen LogP contribution in [0.2, 0.25) is 0 Å². The summed E-state index contributed by atoms with van der Waals surface area (Å²) in [5, 5.41) is 12.1. The van der Waals surface area contributed by atoms with Crippen LogP contribution in [0.15, 0.2) is 12.4 Å². The van der Waals surface area contributed by atoms with Crippen LogP contribution in [0.4, 0.5) is 5.69 Å². The Kier molecular flexibility index (Phi) is 3.17. The molecule has 0 spiro atoms. The first kappa shape index (κ1) is 11.7. The Balaban J connectivity index is 2.09. The molecule has 2 aromatic rings. The molecular formula is C12H19N5. The van der Waals surface area contributed by atoms with Crippen LogP contribution in [0.5, 0.6) is 0 Å². The fourth-order valence-electron chi connectivity index (χ4n) is 1.85. The Hall–Kier alpha value is -1.78. The molecule has 0 atom stereocenters. The molecule has 17 heavy (non-hydrogen) atoms. The van der Waals surface area contributed by atoms with Crippen LogP contribution in [0.1, 0.15) is 23.9 Å². The number of nitrogens with one attached hydrogen (secondary N) is 1. The van der Waals surface area contributed by atoms with E-state index in [0.717, 1.165) is 24.3 Å². The lowest BCUT2D eigenvalue weighted by molar-refractivity contribution is 0.738. The van der Waals surface area contributed by atoms with E-state index in [1.165, 1.54) is 11.3 Å². The topological polar surface area (TPSA) is 47.7 Å². The molecule has 0 aliphatic heterocycles. The number of hydrogen-bond acceptors (Lipinski definition) is 3. The van der Waals surface area contributed by atoms with E-state index < -0.39 is 0 Å². The highest BCUT2D eigenvalue weighted by molar-refractivity contribution is 5.46. The van der Waals surface area contributed by atoms with Gasteiger partial charge < -0.3 is 5.32 Å². The maximum atomic E-state index is 4.40. The monoisotopic (exact) mass is 233 g/mol. The quantitative estimate of drug-likeness (QED) is 0.873. The van der Waals surface area contributed by atoms with Crippen LogP contribution in [-0.4, -0.2) is 19.6 Å². The number of aryl methyl sites for hydroxylation is 3. The normalized spacial score (nSPS) is 10.8. The molecule has 0 unspecified atom stereocenters. The Morgan fingerprint density at radius 1 is 1.35 bits per heavy atom. The van der Waals surface area contributed by atoms with E-state index in [0.29, 0.717) is 0 Å². The first-order valence-electron chi connectivity index (χ1n) is 5.85. The number of nitrogens with zero attached hydrogens (tertiary/aromatic N) is 4. The summed E-state index contributed by atoms with van der Waals surface area (Å²) in [4.78, 5) is 0. The van der Waals surface area contributed by atoms with E-state index in [-0.39, 0.29) is 0 Å². The van der Waals surface area contributed by atoms with Gasteiger partial charge in [0.15, 0.2) is 0 Å². The highest BCUT2D eigenvalue weighted by Gasteiger charge is 2.07. The smallest absolute Gasteiger partial charge is 0.0853 e. The minimum atomic E-state index is 0.790. The molecule has 5 heteroatoms. The van der Waals surface area contributed by atoms with Gasteiger partial charge in [-0.3, -0.25) is 9.36 Å². The summed E-state index contributed by atoms with van der Waals surface area (Å²) in [6, 6.07) is 0. The van der Waals surface area contributed by atoms with Gasteiger partial charge in [0.1, 0.15) is 0 Å². The SMILES string of the molecule is CCc1nn(C)cc1NCc1cnn(C)c1C. The molecule has 2 heterocycles. The van der Waals surface area contributed by atoms with Gasteiger partial charge in [0.25, 0.3) is 0 Å². The zero-order valence-corrected chi connectivity index (χ0v) is 10.9. The van der Waals surface area contributed by atoms with E-state index in [1.807, 2.05) is 35.9 Å². The summed E-state index contributed by atoms with van der Waals surface area (Å²) in [6.07, 6.45) is 4.87. The number of aromatic nitrogens is 4. The summed E-state index contributed by atoms with van der Waals surface area (Å²) < 4.78 is 3.73. The molecule has 1 N–H and O–H groups in total. The van der Waals surface area contributed by atoms with Gasteiger partial charge in [-0.25, -0.2) is 0 Å². The summed E-state index contributed by atoms with van der Waals surface area (Å²) in [5.74, 6) is 0. The predicted octanol–water partition coefficient (Wildman–Crippen LogP) is 1.64. The lowest BCUT2D eigenvalue weighted by Gasteiger charge is -2.05. The van der Waals surface area contributed by atoms with Crippen molar-refractivity contribution in [2.75, 3.05) is 5.32 Å². The third-order valence-electron chi connectivity index (χ3n) is 3.05. The highest BCUT2D eigenvalue weighted by Crippen LogP contribution is 2.15. The second-order valence-corrected chi connectivity index (χ2v) is 4.25. The molecule has 0 bridgehead atoms. The molecule has 0 saturated carbocycles. The third kappa shape index (κ3) is 2.33. The van der Waals surface area contributed by atoms with Crippen molar-refractivity contribution in [2.24, 2.45) is 14.1 Å². The summed E-state index contributed by atoms with van der Waals surface area (Å²) in [5.41, 5.74) is 4.63. The Morgan fingerprint density at radius 3 is 2.71 bits per heavy atom. The molecule has 0 aliphatic carbocycles. The summed E-state index contributed by atoms with van der Waals surface area (Å²) in [7, 11) is 3.90. The van der Waals surface area contributed by atoms with Crippen molar-refractivity contribution in [1.29, 1.82) is 0 Å². The molecule has 92 valence electrons. The molecule has 0 fully saturated rings. The maximum absolute atomic E-state index is 4.40. The number of anilines is 1. The van der Waals surface area contributed by atoms with E-state index in [2.05, 4.69) is 29.4 Å². The number of rotatable bonds is 4. The maximum Gasteiger partial charge on any atom is 0.0853 e. The minimum Gasteiger partial charge on any atom is -0.378 e. The van der Waals surface area contributed by atoms with Crippen molar-refractivity contribution in [1.82, 2.24) is 19.6 Å². The van der Waals surface area contributed by atoms with Crippen LogP contribution in [0, 0.1) is 6.92 Å². The predicted molar refractivity (Wildman–Crippen MR) is 67.9 cm³/mol. The lowest BCUT2D eigenvalue weighted by atomic mass is 10.2. The zero-order chi connectivity index (χ0) is 12.4. The minimum absolute atomic E-state index is 0.790. The second-order valence-electron chi connectivity index (χ2n) is 4.25. The molecule has 0 radical (unpaired) electrons. The van der Waals surface area contributed by atoms with Crippen molar-refractivity contribution in [3.05, 3.63) is 29.3 Å². The van der Waals surface area contributed by atoms with Gasteiger partial charge in [-0.05, 0) is 13.3 Å². The van der Waals surface area contributed by atoms with Crippen molar-refractivity contribution in [2.45, 2.75) is 26.8 Å². The summed E-state index contributed by atoms with van der Waals surface area (Å²) >= 11 is 0. The molecule has 0 aliphatic rings. The molecule has 2 aromatic heterocycles. The Bertz CT molecular complexity index is 509. The number of hydrogen-bond donors (Lipinski definition) is 1. The molecule has 0 aromatic carbocycles. The van der Waals surface area contributed by atoms with Gasteiger partial charge >= 0.3 is 0 Å². The van der Waals surface area contributed by atoms with Crippen LogP contribution in [0.3, 0.4) is 0 Å². The Labute approximate surface area is 101 Å². The molecular weight excluding hydrogens is 214 g/mol. The van der Waals surface area contributed by atoms with Crippen LogP contribution in [0.25, 0.3) is 0 Å². The fourth-order valence-corrected chi connectivity index (χ4v) is 1.85. The molecule has 0 amide bonds. The average Bonchev–Trinajstić information content (AvgIpc) is 2.82. The molecule has 0 saturated heterocycles. The first-order valence-corrected chi connectivity index (χ1v) is 5.85. The van der Waals surface area contributed by atoms with E-state index >= 15 is 0 Å². The largest absolute Gasteiger partial charge is 0.378 e. The highest BCUT2D eigenvalue weighted by atomic mass is 15.3. The Morgan fingerprint density at radius 2 is 2.12 bits per heavy atom. The third-order valence-corrected chi connectivity index (χ3v) is 3.05. The van der Waals surface area contributed by atoms with Crippen molar-refractivity contribution in [3.63, 3.8) is 0 Å². The second kappa shape index (κ2) is 4.61. The first-order chi connectivity index (χ1) is 8.11. The summed E-state index contributed by atoms with van der Waals surface area (Å²) in [6.45, 7) is 4.98. The van der Waals surface area contributed by atoms with Gasteiger partial charge in [0, 0.05) is 38.1 Å². The molecule has 2 rings (SSSR count). The van der Waals surface area contributed by atoms with E-state index in [4.69, 9.17) is 0 Å². The standard InChI is InChI=1S/C12H19N5/c1-5-11-12(8-16(3)15-11)13-6-10-7-14-17(4)9(10)2/h7-8,13H,5-6H2,1-4H3. The van der Waals surface area contributed by atoms with Crippen molar-refractivity contribution < 1.29 is 0 Å². The van der Waals surface area contributed by atoms with Crippen LogP contribution in [-0.2, 0) is 27.1 Å².